The summed E-state index contributed by atoms with van der Waals surface area (Å²) in [4.78, 5) is 15.0. The second kappa shape index (κ2) is 6.03. The van der Waals surface area contributed by atoms with Crippen LogP contribution in [0.5, 0.6) is 0 Å². The summed E-state index contributed by atoms with van der Waals surface area (Å²) < 4.78 is 0. The maximum Gasteiger partial charge on any atom is 0.265 e. The van der Waals surface area contributed by atoms with Crippen LogP contribution in [0.4, 0.5) is 0 Å². The molecule has 2 rings (SSSR count). The first kappa shape index (κ1) is 13.1. The summed E-state index contributed by atoms with van der Waals surface area (Å²) >= 11 is 1.43. The van der Waals surface area contributed by atoms with Gasteiger partial charge in [0.05, 0.1) is 0 Å². The van der Waals surface area contributed by atoms with E-state index >= 15 is 0 Å². The lowest BCUT2D eigenvalue weighted by Gasteiger charge is -2.30. The van der Waals surface area contributed by atoms with Crippen LogP contribution in [-0.2, 0) is 0 Å². The van der Waals surface area contributed by atoms with Gasteiger partial charge in [0.1, 0.15) is 11.5 Å². The molecule has 2 heterocycles. The van der Waals surface area contributed by atoms with E-state index in [0.29, 0.717) is 10.8 Å². The summed E-state index contributed by atoms with van der Waals surface area (Å²) in [6, 6.07) is 1.84. The molecule has 1 N–H and O–H groups in total. The van der Waals surface area contributed by atoms with Gasteiger partial charge >= 0.3 is 0 Å². The lowest BCUT2D eigenvalue weighted by atomic mass is 9.99. The highest BCUT2D eigenvalue weighted by atomic mass is 32.1. The van der Waals surface area contributed by atoms with Gasteiger partial charge in [0.2, 0.25) is 0 Å². The molecule has 0 unspecified atom stereocenters. The van der Waals surface area contributed by atoms with Crippen LogP contribution < -0.4 is 0 Å². The number of aliphatic hydroxyl groups excluding tert-OH is 1. The molecule has 3 nitrogen and oxygen atoms in total. The highest BCUT2D eigenvalue weighted by molar-refractivity contribution is 7.12. The second-order valence-corrected chi connectivity index (χ2v) is 5.51. The van der Waals surface area contributed by atoms with E-state index in [1.54, 1.807) is 0 Å². The number of piperidine rings is 1. The predicted molar refractivity (Wildman–Crippen MR) is 72.6 cm³/mol. The first-order valence-electron chi connectivity index (χ1n) is 6.19. The molecule has 0 aromatic carbocycles. The summed E-state index contributed by atoms with van der Waals surface area (Å²) in [5.41, 5.74) is 0.734. The third kappa shape index (κ3) is 2.92. The SMILES string of the molecule is CC1CCN(C(=O)c2sccc2C#CCO)CC1. The minimum atomic E-state index is -0.176. The van der Waals surface area contributed by atoms with Gasteiger partial charge in [-0.1, -0.05) is 18.8 Å². The molecule has 96 valence electrons. The molecule has 0 aliphatic carbocycles. The van der Waals surface area contributed by atoms with E-state index in [9.17, 15) is 4.79 Å². The third-order valence-electron chi connectivity index (χ3n) is 3.23. The van der Waals surface area contributed by atoms with Crippen LogP contribution in [0.2, 0.25) is 0 Å². The molecule has 0 radical (unpaired) electrons. The van der Waals surface area contributed by atoms with Gasteiger partial charge < -0.3 is 10.0 Å². The van der Waals surface area contributed by atoms with Crippen LogP contribution >= 0.6 is 11.3 Å². The number of rotatable bonds is 1. The monoisotopic (exact) mass is 263 g/mol. The maximum atomic E-state index is 12.4. The Hall–Kier alpha value is -1.31. The summed E-state index contributed by atoms with van der Waals surface area (Å²) in [7, 11) is 0. The molecular weight excluding hydrogens is 246 g/mol. The molecule has 4 heteroatoms. The fourth-order valence-corrected chi connectivity index (χ4v) is 2.88. The van der Waals surface area contributed by atoms with Crippen LogP contribution in [0.25, 0.3) is 0 Å². The molecule has 1 fully saturated rings. The van der Waals surface area contributed by atoms with Crippen molar-refractivity contribution < 1.29 is 9.90 Å². The average molecular weight is 263 g/mol. The number of carbonyl (C=O) groups is 1. The number of aliphatic hydroxyl groups is 1. The predicted octanol–water partition coefficient (Wildman–Crippen LogP) is 1.96. The Morgan fingerprint density at radius 1 is 1.56 bits per heavy atom. The van der Waals surface area contributed by atoms with Gasteiger partial charge in [0, 0.05) is 18.7 Å². The molecule has 1 aliphatic heterocycles. The summed E-state index contributed by atoms with van der Waals surface area (Å²) in [6.45, 7) is 3.73. The Morgan fingerprint density at radius 3 is 2.94 bits per heavy atom. The number of hydrogen-bond donors (Lipinski definition) is 1. The van der Waals surface area contributed by atoms with Crippen molar-refractivity contribution in [3.05, 3.63) is 21.9 Å². The highest BCUT2D eigenvalue weighted by Gasteiger charge is 2.23. The summed E-state index contributed by atoms with van der Waals surface area (Å²) in [6.07, 6.45) is 2.16. The van der Waals surface area contributed by atoms with E-state index in [1.165, 1.54) is 11.3 Å². The molecule has 0 atom stereocenters. The number of amides is 1. The molecule has 1 saturated heterocycles. The Morgan fingerprint density at radius 2 is 2.28 bits per heavy atom. The van der Waals surface area contributed by atoms with Crippen molar-refractivity contribution in [1.82, 2.24) is 4.90 Å². The molecule has 1 amide bonds. The van der Waals surface area contributed by atoms with Crippen LogP contribution in [0.3, 0.4) is 0 Å². The zero-order valence-electron chi connectivity index (χ0n) is 10.5. The highest BCUT2D eigenvalue weighted by Crippen LogP contribution is 2.22. The van der Waals surface area contributed by atoms with Crippen molar-refractivity contribution in [1.29, 1.82) is 0 Å². The van der Waals surface area contributed by atoms with Crippen molar-refractivity contribution in [3.63, 3.8) is 0 Å². The lowest BCUT2D eigenvalue weighted by molar-refractivity contribution is 0.0702. The Bertz CT molecular complexity index is 475. The summed E-state index contributed by atoms with van der Waals surface area (Å²) in [5.74, 6) is 6.23. The number of carbonyl (C=O) groups excluding carboxylic acids is 1. The maximum absolute atomic E-state index is 12.4. The van der Waals surface area contributed by atoms with Crippen molar-refractivity contribution in [3.8, 4) is 11.8 Å². The van der Waals surface area contributed by atoms with Gasteiger partial charge in [-0.05, 0) is 30.2 Å². The van der Waals surface area contributed by atoms with Crippen LogP contribution in [0.15, 0.2) is 11.4 Å². The molecule has 18 heavy (non-hydrogen) atoms. The van der Waals surface area contributed by atoms with Crippen molar-refractivity contribution in [2.24, 2.45) is 5.92 Å². The molecule has 1 aliphatic rings. The van der Waals surface area contributed by atoms with E-state index in [-0.39, 0.29) is 12.5 Å². The minimum absolute atomic E-state index is 0.0825. The van der Waals surface area contributed by atoms with Gasteiger partial charge in [-0.2, -0.15) is 0 Å². The van der Waals surface area contributed by atoms with Gasteiger partial charge in [-0.3, -0.25) is 4.79 Å². The lowest BCUT2D eigenvalue weighted by Crippen LogP contribution is -2.37. The van der Waals surface area contributed by atoms with E-state index in [4.69, 9.17) is 5.11 Å². The largest absolute Gasteiger partial charge is 0.384 e. The van der Waals surface area contributed by atoms with E-state index in [1.807, 2.05) is 16.3 Å². The van der Waals surface area contributed by atoms with Crippen molar-refractivity contribution >= 4 is 17.2 Å². The second-order valence-electron chi connectivity index (χ2n) is 4.60. The van der Waals surface area contributed by atoms with Gasteiger partial charge in [-0.25, -0.2) is 0 Å². The summed E-state index contributed by atoms with van der Waals surface area (Å²) in [5, 5.41) is 10.6. The Labute approximate surface area is 111 Å². The number of hydrogen-bond acceptors (Lipinski definition) is 3. The van der Waals surface area contributed by atoms with Gasteiger partial charge in [-0.15, -0.1) is 11.3 Å². The molecule has 0 saturated carbocycles. The first-order valence-corrected chi connectivity index (χ1v) is 7.07. The normalized spacial score (nSPS) is 16.2. The van der Waals surface area contributed by atoms with Crippen LogP contribution in [-0.4, -0.2) is 35.6 Å². The molecule has 1 aromatic heterocycles. The smallest absolute Gasteiger partial charge is 0.265 e. The third-order valence-corrected chi connectivity index (χ3v) is 4.13. The Balaban J connectivity index is 2.11. The fourth-order valence-electron chi connectivity index (χ4n) is 2.06. The van der Waals surface area contributed by atoms with Crippen LogP contribution in [0.1, 0.15) is 35.0 Å². The average Bonchev–Trinajstić information content (AvgIpc) is 2.84. The van der Waals surface area contributed by atoms with E-state index in [0.717, 1.165) is 31.5 Å². The first-order chi connectivity index (χ1) is 8.72. The van der Waals surface area contributed by atoms with Gasteiger partial charge in [0.25, 0.3) is 5.91 Å². The zero-order chi connectivity index (χ0) is 13.0. The minimum Gasteiger partial charge on any atom is -0.384 e. The van der Waals surface area contributed by atoms with E-state index in [2.05, 4.69) is 18.8 Å². The number of thiophene rings is 1. The fraction of sp³-hybridized carbons (Fsp3) is 0.500. The van der Waals surface area contributed by atoms with Gasteiger partial charge in [0.15, 0.2) is 0 Å². The molecule has 0 spiro atoms. The van der Waals surface area contributed by atoms with E-state index < -0.39 is 0 Å². The molecular formula is C14H17NO2S. The van der Waals surface area contributed by atoms with Crippen LogP contribution in [0, 0.1) is 17.8 Å². The Kier molecular flexibility index (Phi) is 4.40. The topological polar surface area (TPSA) is 40.5 Å². The molecule has 1 aromatic rings. The number of likely N-dealkylation sites (tertiary alicyclic amines) is 1. The quantitative estimate of drug-likeness (QED) is 0.787. The van der Waals surface area contributed by atoms with Crippen molar-refractivity contribution in [2.45, 2.75) is 19.8 Å². The molecule has 0 bridgehead atoms. The zero-order valence-corrected chi connectivity index (χ0v) is 11.3. The van der Waals surface area contributed by atoms with Crippen molar-refractivity contribution in [2.75, 3.05) is 19.7 Å². The number of nitrogens with zero attached hydrogens (tertiary/aromatic N) is 1. The standard InChI is InChI=1S/C14H17NO2S/c1-11-4-7-15(8-5-11)14(17)13-12(3-2-9-16)6-10-18-13/h6,10-11,16H,4-5,7-9H2,1H3.